The number of likely N-dealkylation sites (tertiary alicyclic amines) is 1. The molecule has 4 aromatic rings. The van der Waals surface area contributed by atoms with Gasteiger partial charge in [0.15, 0.2) is 0 Å². The Kier molecular flexibility index (Phi) is 8.00. The van der Waals surface area contributed by atoms with Gasteiger partial charge in [0.05, 0.1) is 25.2 Å². The van der Waals surface area contributed by atoms with Crippen LogP contribution in [-0.4, -0.2) is 64.7 Å². The second kappa shape index (κ2) is 12.0. The molecule has 0 aliphatic carbocycles. The zero-order chi connectivity index (χ0) is 27.4. The molecule has 0 unspecified atom stereocenters. The summed E-state index contributed by atoms with van der Waals surface area (Å²) < 4.78 is 7.51. The number of carbonyl (C=O) groups is 1. The van der Waals surface area contributed by atoms with Gasteiger partial charge in [0, 0.05) is 36.6 Å². The Bertz CT molecular complexity index is 1370. The molecule has 40 heavy (non-hydrogen) atoms. The molecule has 3 aromatic carbocycles. The Balaban J connectivity index is 1.25. The molecule has 0 N–H and O–H groups in total. The van der Waals surface area contributed by atoms with Crippen molar-refractivity contribution in [3.05, 3.63) is 124 Å². The Morgan fingerprint density at radius 1 is 0.800 bits per heavy atom. The largest absolute Gasteiger partial charge is 0.378 e. The second-order valence-electron chi connectivity index (χ2n) is 10.8. The van der Waals surface area contributed by atoms with Gasteiger partial charge in [-0.25, -0.2) is 4.98 Å². The highest BCUT2D eigenvalue weighted by atomic mass is 35.5. The van der Waals surface area contributed by atoms with E-state index in [9.17, 15) is 4.79 Å². The lowest BCUT2D eigenvalue weighted by Gasteiger charge is -2.43. The minimum Gasteiger partial charge on any atom is -0.378 e. The monoisotopic (exact) mass is 554 g/mol. The van der Waals surface area contributed by atoms with Crippen molar-refractivity contribution >= 4 is 17.5 Å². The molecule has 1 aromatic heterocycles. The van der Waals surface area contributed by atoms with Crippen molar-refractivity contribution in [1.82, 2.24) is 19.4 Å². The molecular formula is C33H35ClN4O2. The van der Waals surface area contributed by atoms with Gasteiger partial charge < -0.3 is 14.2 Å². The first kappa shape index (κ1) is 26.8. The van der Waals surface area contributed by atoms with E-state index >= 15 is 0 Å². The van der Waals surface area contributed by atoms with Crippen LogP contribution in [0.25, 0.3) is 0 Å². The number of rotatable bonds is 7. The molecule has 0 spiro atoms. The fraction of sp³-hybridized carbons (Fsp3) is 0.333. The van der Waals surface area contributed by atoms with E-state index in [1.54, 1.807) is 0 Å². The van der Waals surface area contributed by atoms with Crippen molar-refractivity contribution in [3.8, 4) is 0 Å². The van der Waals surface area contributed by atoms with E-state index in [0.717, 1.165) is 37.2 Å². The number of ether oxygens (including phenoxy) is 1. The van der Waals surface area contributed by atoms with Gasteiger partial charge in [-0.05, 0) is 54.8 Å². The predicted molar refractivity (Wildman–Crippen MR) is 158 cm³/mol. The SMILES string of the molecule is O=C(c1c(CN2CCC(c3ccccc3)(c3ccccc3)CC2)ncn1Cc1ccc(Cl)cc1)N1CCOCC1. The quantitative estimate of drug-likeness (QED) is 0.297. The van der Waals surface area contributed by atoms with Gasteiger partial charge in [-0.3, -0.25) is 9.69 Å². The standard InChI is InChI=1S/C33H35ClN4O2/c34-29-13-11-26(12-14-29)23-38-25-35-30(31(38)32(39)37-19-21-40-22-20-37)24-36-17-15-33(16-18-36,27-7-3-1-4-8-27)28-9-5-2-6-10-28/h1-14,25H,15-24H2. The maximum absolute atomic E-state index is 13.8. The number of carbonyl (C=O) groups excluding carboxylic acids is 1. The van der Waals surface area contributed by atoms with Crippen molar-refractivity contribution in [2.24, 2.45) is 0 Å². The minimum atomic E-state index is -0.0145. The average Bonchev–Trinajstić information content (AvgIpc) is 3.41. The van der Waals surface area contributed by atoms with Gasteiger partial charge in [-0.15, -0.1) is 0 Å². The molecular weight excluding hydrogens is 520 g/mol. The number of nitrogens with zero attached hydrogens (tertiary/aromatic N) is 4. The Morgan fingerprint density at radius 2 is 1.40 bits per heavy atom. The molecule has 0 bridgehead atoms. The van der Waals surface area contributed by atoms with Gasteiger partial charge in [0.25, 0.3) is 5.91 Å². The van der Waals surface area contributed by atoms with Crippen LogP contribution in [0.2, 0.25) is 5.02 Å². The maximum Gasteiger partial charge on any atom is 0.272 e. The zero-order valence-corrected chi connectivity index (χ0v) is 23.5. The lowest BCUT2D eigenvalue weighted by Crippen LogP contribution is -2.44. The minimum absolute atomic E-state index is 0.0145. The summed E-state index contributed by atoms with van der Waals surface area (Å²) in [6, 6.07) is 29.6. The molecule has 0 saturated carbocycles. The number of benzene rings is 3. The van der Waals surface area contributed by atoms with Crippen LogP contribution >= 0.6 is 11.6 Å². The van der Waals surface area contributed by atoms with Gasteiger partial charge >= 0.3 is 0 Å². The second-order valence-corrected chi connectivity index (χ2v) is 11.2. The molecule has 2 aliphatic rings. The summed E-state index contributed by atoms with van der Waals surface area (Å²) in [5.41, 5.74) is 5.34. The lowest BCUT2D eigenvalue weighted by atomic mass is 9.68. The van der Waals surface area contributed by atoms with Crippen LogP contribution in [-0.2, 0) is 23.2 Å². The van der Waals surface area contributed by atoms with Crippen molar-refractivity contribution in [1.29, 1.82) is 0 Å². The number of piperidine rings is 1. The number of hydrogen-bond acceptors (Lipinski definition) is 4. The van der Waals surface area contributed by atoms with Crippen LogP contribution in [0.4, 0.5) is 0 Å². The van der Waals surface area contributed by atoms with Crippen LogP contribution in [0.15, 0.2) is 91.3 Å². The fourth-order valence-electron chi connectivity index (χ4n) is 6.17. The molecule has 0 atom stereocenters. The molecule has 3 heterocycles. The van der Waals surface area contributed by atoms with Gasteiger partial charge in [0.1, 0.15) is 5.69 Å². The fourth-order valence-corrected chi connectivity index (χ4v) is 6.30. The highest BCUT2D eigenvalue weighted by Gasteiger charge is 2.38. The summed E-state index contributed by atoms with van der Waals surface area (Å²) in [5, 5.41) is 0.701. The number of imidazole rings is 1. The molecule has 1 amide bonds. The molecule has 2 aliphatic heterocycles. The molecule has 2 fully saturated rings. The Morgan fingerprint density at radius 3 is 2.00 bits per heavy atom. The van der Waals surface area contributed by atoms with Crippen molar-refractivity contribution in [3.63, 3.8) is 0 Å². The van der Waals surface area contributed by atoms with E-state index in [0.29, 0.717) is 50.1 Å². The van der Waals surface area contributed by atoms with Gasteiger partial charge in [-0.1, -0.05) is 84.4 Å². The third-order valence-corrected chi connectivity index (χ3v) is 8.67. The maximum atomic E-state index is 13.8. The predicted octanol–water partition coefficient (Wildman–Crippen LogP) is 5.64. The smallest absolute Gasteiger partial charge is 0.272 e. The Hall–Kier alpha value is -3.45. The molecule has 7 heteroatoms. The third-order valence-electron chi connectivity index (χ3n) is 8.42. The lowest BCUT2D eigenvalue weighted by molar-refractivity contribution is 0.0294. The first-order chi connectivity index (χ1) is 19.6. The van der Waals surface area contributed by atoms with Crippen LogP contribution in [0.1, 0.15) is 45.7 Å². The first-order valence-electron chi connectivity index (χ1n) is 14.1. The first-order valence-corrected chi connectivity index (χ1v) is 14.5. The van der Waals surface area contributed by atoms with E-state index in [2.05, 4.69) is 65.6 Å². The number of amides is 1. The molecule has 6 rings (SSSR count). The van der Waals surface area contributed by atoms with E-state index in [-0.39, 0.29) is 11.3 Å². The van der Waals surface area contributed by atoms with E-state index < -0.39 is 0 Å². The highest BCUT2D eigenvalue weighted by Crippen LogP contribution is 2.42. The summed E-state index contributed by atoms with van der Waals surface area (Å²) >= 11 is 6.11. The van der Waals surface area contributed by atoms with Crippen molar-refractivity contribution < 1.29 is 9.53 Å². The number of hydrogen-bond donors (Lipinski definition) is 0. The molecule has 2 saturated heterocycles. The van der Waals surface area contributed by atoms with Crippen molar-refractivity contribution in [2.45, 2.75) is 31.3 Å². The highest BCUT2D eigenvalue weighted by molar-refractivity contribution is 6.30. The average molecular weight is 555 g/mol. The van der Waals surface area contributed by atoms with Crippen LogP contribution in [0, 0.1) is 0 Å². The third kappa shape index (κ3) is 5.57. The van der Waals surface area contributed by atoms with Crippen molar-refractivity contribution in [2.75, 3.05) is 39.4 Å². The molecule has 0 radical (unpaired) electrons. The van der Waals surface area contributed by atoms with Gasteiger partial charge in [-0.2, -0.15) is 0 Å². The van der Waals surface area contributed by atoms with E-state index in [1.165, 1.54) is 11.1 Å². The van der Waals surface area contributed by atoms with E-state index in [4.69, 9.17) is 21.3 Å². The topological polar surface area (TPSA) is 50.6 Å². The Labute approximate surface area is 241 Å². The van der Waals surface area contributed by atoms with E-state index in [1.807, 2.05) is 40.1 Å². The summed E-state index contributed by atoms with van der Waals surface area (Å²) in [7, 11) is 0. The number of aromatic nitrogens is 2. The number of morpholine rings is 1. The molecule has 206 valence electrons. The summed E-state index contributed by atoms with van der Waals surface area (Å²) in [6.07, 6.45) is 3.85. The summed E-state index contributed by atoms with van der Waals surface area (Å²) in [4.78, 5) is 23.0. The molecule has 6 nitrogen and oxygen atoms in total. The summed E-state index contributed by atoms with van der Waals surface area (Å²) in [6.45, 7) is 5.42. The normalized spacial score (nSPS) is 17.6. The van der Waals surface area contributed by atoms with Crippen LogP contribution in [0.3, 0.4) is 0 Å². The number of halogens is 1. The zero-order valence-electron chi connectivity index (χ0n) is 22.7. The summed E-state index contributed by atoms with van der Waals surface area (Å²) in [5.74, 6) is 0.0321. The van der Waals surface area contributed by atoms with Crippen LogP contribution < -0.4 is 0 Å². The van der Waals surface area contributed by atoms with Crippen LogP contribution in [0.5, 0.6) is 0 Å². The van der Waals surface area contributed by atoms with Gasteiger partial charge in [0.2, 0.25) is 0 Å².